The minimum atomic E-state index is -1.01. The Labute approximate surface area is 189 Å². The second-order valence-corrected chi connectivity index (χ2v) is 7.55. The number of carbonyl (C=O) groups is 1. The van der Waals surface area contributed by atoms with Crippen molar-refractivity contribution < 1.29 is 19.0 Å². The molecule has 0 spiro atoms. The van der Waals surface area contributed by atoms with Crippen LogP contribution in [0.5, 0.6) is 0 Å². The molecule has 7 nitrogen and oxygen atoms in total. The summed E-state index contributed by atoms with van der Waals surface area (Å²) in [4.78, 5) is 22.1. The van der Waals surface area contributed by atoms with E-state index < -0.39 is 11.8 Å². The molecule has 3 aromatic rings. The number of carboxylic acids is 1. The lowest BCUT2D eigenvalue weighted by Crippen LogP contribution is -2.37. The Morgan fingerprint density at radius 2 is 2.03 bits per heavy atom. The van der Waals surface area contributed by atoms with Gasteiger partial charge in [0, 0.05) is 41.6 Å². The third-order valence-corrected chi connectivity index (χ3v) is 5.03. The summed E-state index contributed by atoms with van der Waals surface area (Å²) in [5, 5.41) is 12.2. The number of nitrogens with zero attached hydrogens (tertiary/aromatic N) is 3. The lowest BCUT2D eigenvalue weighted by Gasteiger charge is -2.29. The van der Waals surface area contributed by atoms with Crippen molar-refractivity contribution in [3.63, 3.8) is 0 Å². The lowest BCUT2D eigenvalue weighted by atomic mass is 10.0. The normalized spacial score (nSPS) is 14.0. The van der Waals surface area contributed by atoms with Gasteiger partial charge in [0.05, 0.1) is 13.2 Å². The average Bonchev–Trinajstić information content (AvgIpc) is 2.78. The first-order chi connectivity index (χ1) is 15.5. The average molecular weight is 455 g/mol. The fourth-order valence-electron chi connectivity index (χ4n) is 3.39. The Kier molecular flexibility index (Phi) is 6.63. The maximum atomic E-state index is 13.7. The maximum Gasteiger partial charge on any atom is 0.328 e. The second kappa shape index (κ2) is 9.76. The monoisotopic (exact) mass is 454 g/mol. The minimum absolute atomic E-state index is 0.267. The van der Waals surface area contributed by atoms with Crippen molar-refractivity contribution in [2.24, 2.45) is 0 Å². The van der Waals surface area contributed by atoms with Crippen LogP contribution in [0.4, 0.5) is 21.8 Å². The number of ether oxygens (including phenoxy) is 1. The van der Waals surface area contributed by atoms with Gasteiger partial charge >= 0.3 is 5.97 Å². The van der Waals surface area contributed by atoms with E-state index in [-0.39, 0.29) is 5.02 Å². The van der Waals surface area contributed by atoms with Crippen molar-refractivity contribution in [3.8, 4) is 11.1 Å². The van der Waals surface area contributed by atoms with Gasteiger partial charge in [-0.25, -0.2) is 14.2 Å². The largest absolute Gasteiger partial charge is 0.478 e. The number of nitrogens with one attached hydrogen (secondary N) is 1. The third-order valence-electron chi connectivity index (χ3n) is 4.81. The lowest BCUT2D eigenvalue weighted by molar-refractivity contribution is -0.131. The molecule has 2 N–H and O–H groups in total. The number of aromatic nitrogens is 2. The molecule has 164 valence electrons. The Morgan fingerprint density at radius 1 is 1.22 bits per heavy atom. The molecule has 0 radical (unpaired) electrons. The molecule has 0 unspecified atom stereocenters. The van der Waals surface area contributed by atoms with E-state index in [0.29, 0.717) is 43.8 Å². The highest BCUT2D eigenvalue weighted by Crippen LogP contribution is 2.32. The quantitative estimate of drug-likeness (QED) is 0.525. The maximum absolute atomic E-state index is 13.7. The van der Waals surface area contributed by atoms with Crippen LogP contribution >= 0.6 is 11.6 Å². The van der Waals surface area contributed by atoms with Crippen molar-refractivity contribution in [2.75, 3.05) is 36.5 Å². The van der Waals surface area contributed by atoms with Gasteiger partial charge in [-0.05, 0) is 41.5 Å². The molecule has 1 aliphatic rings. The van der Waals surface area contributed by atoms with Crippen LogP contribution in [0.25, 0.3) is 17.2 Å². The van der Waals surface area contributed by atoms with Crippen molar-refractivity contribution in [1.29, 1.82) is 0 Å². The van der Waals surface area contributed by atoms with Gasteiger partial charge < -0.3 is 20.1 Å². The summed E-state index contributed by atoms with van der Waals surface area (Å²) in [6.45, 7) is 2.47. The van der Waals surface area contributed by atoms with E-state index in [0.717, 1.165) is 22.8 Å². The molecule has 1 aromatic heterocycles. The number of halogens is 2. The van der Waals surface area contributed by atoms with Crippen LogP contribution < -0.4 is 10.2 Å². The van der Waals surface area contributed by atoms with Gasteiger partial charge in [0.1, 0.15) is 11.6 Å². The number of hydrogen-bond acceptors (Lipinski definition) is 6. The van der Waals surface area contributed by atoms with Crippen LogP contribution in [0.2, 0.25) is 5.02 Å². The van der Waals surface area contributed by atoms with Gasteiger partial charge in [0.2, 0.25) is 5.95 Å². The second-order valence-electron chi connectivity index (χ2n) is 7.11. The highest BCUT2D eigenvalue weighted by molar-refractivity contribution is 6.30. The first-order valence-corrected chi connectivity index (χ1v) is 10.3. The number of hydrogen-bond donors (Lipinski definition) is 2. The first-order valence-electron chi connectivity index (χ1n) is 9.92. The molecule has 0 saturated carbocycles. The Balaban J connectivity index is 1.72. The summed E-state index contributed by atoms with van der Waals surface area (Å²) in [7, 11) is 0. The van der Waals surface area contributed by atoms with Crippen LogP contribution in [-0.4, -0.2) is 47.3 Å². The molecule has 1 saturated heterocycles. The smallest absolute Gasteiger partial charge is 0.328 e. The minimum Gasteiger partial charge on any atom is -0.478 e. The first kappa shape index (κ1) is 21.7. The van der Waals surface area contributed by atoms with Gasteiger partial charge in [-0.2, -0.15) is 4.98 Å². The Hall–Kier alpha value is -3.49. The molecule has 1 aliphatic heterocycles. The third kappa shape index (κ3) is 5.40. The zero-order valence-corrected chi connectivity index (χ0v) is 17.7. The van der Waals surface area contributed by atoms with Gasteiger partial charge in [0.15, 0.2) is 0 Å². The van der Waals surface area contributed by atoms with Gasteiger partial charge in [-0.3, -0.25) is 0 Å². The van der Waals surface area contributed by atoms with Crippen LogP contribution in [0.1, 0.15) is 5.56 Å². The number of morpholine rings is 1. The fraction of sp³-hybridized carbons (Fsp3) is 0.174. The Bertz CT molecular complexity index is 1150. The van der Waals surface area contributed by atoms with Crippen molar-refractivity contribution in [2.45, 2.75) is 0 Å². The molecule has 0 bridgehead atoms. The van der Waals surface area contributed by atoms with E-state index in [1.807, 2.05) is 24.3 Å². The number of carboxylic acid groups (broad SMARTS) is 1. The fourth-order valence-corrected chi connectivity index (χ4v) is 3.61. The molecule has 0 aliphatic carbocycles. The molecule has 32 heavy (non-hydrogen) atoms. The molecule has 9 heteroatoms. The zero-order chi connectivity index (χ0) is 22.5. The van der Waals surface area contributed by atoms with Gasteiger partial charge in [0.25, 0.3) is 0 Å². The van der Waals surface area contributed by atoms with Crippen molar-refractivity contribution in [1.82, 2.24) is 9.97 Å². The number of rotatable bonds is 6. The highest BCUT2D eigenvalue weighted by atomic mass is 35.5. The standard InChI is InChI=1S/C23H20ClFN4O3/c24-17-11-18(25)13-19(12-17)27-23-26-14-20(22(28-23)29-6-8-32-9-7-29)16-3-1-2-15(10-16)4-5-21(30)31/h1-5,10-14H,6-9H2,(H,30,31)(H,26,27,28). The van der Waals surface area contributed by atoms with E-state index in [9.17, 15) is 9.18 Å². The van der Waals surface area contributed by atoms with Crippen LogP contribution in [0, 0.1) is 5.82 Å². The molecular weight excluding hydrogens is 435 g/mol. The van der Waals surface area contributed by atoms with E-state index in [2.05, 4.69) is 15.2 Å². The van der Waals surface area contributed by atoms with E-state index in [1.165, 1.54) is 18.2 Å². The molecule has 4 rings (SSSR count). The van der Waals surface area contributed by atoms with E-state index in [1.54, 1.807) is 12.3 Å². The molecule has 2 aromatic carbocycles. The SMILES string of the molecule is O=C(O)C=Cc1cccc(-c2cnc(Nc3cc(F)cc(Cl)c3)nc2N2CCOCC2)c1. The van der Waals surface area contributed by atoms with Crippen molar-refractivity contribution in [3.05, 3.63) is 71.1 Å². The van der Waals surface area contributed by atoms with Crippen LogP contribution in [-0.2, 0) is 9.53 Å². The topological polar surface area (TPSA) is 87.6 Å². The summed E-state index contributed by atoms with van der Waals surface area (Å²) in [6.07, 6.45) is 4.32. The predicted octanol–water partition coefficient (Wildman–Crippen LogP) is 4.61. The van der Waals surface area contributed by atoms with Gasteiger partial charge in [-0.15, -0.1) is 0 Å². The molecule has 0 amide bonds. The molecule has 0 atom stereocenters. The molecular formula is C23H20ClFN4O3. The summed E-state index contributed by atoms with van der Waals surface area (Å²) >= 11 is 5.95. The summed E-state index contributed by atoms with van der Waals surface area (Å²) in [5.74, 6) is -0.469. The van der Waals surface area contributed by atoms with E-state index >= 15 is 0 Å². The van der Waals surface area contributed by atoms with Crippen LogP contribution in [0.3, 0.4) is 0 Å². The zero-order valence-electron chi connectivity index (χ0n) is 17.0. The summed E-state index contributed by atoms with van der Waals surface area (Å²) in [6, 6.07) is 11.6. The molecule has 1 fully saturated rings. The Morgan fingerprint density at radius 3 is 2.78 bits per heavy atom. The van der Waals surface area contributed by atoms with Gasteiger partial charge in [-0.1, -0.05) is 29.8 Å². The summed E-state index contributed by atoms with van der Waals surface area (Å²) < 4.78 is 19.2. The number of benzene rings is 2. The highest BCUT2D eigenvalue weighted by Gasteiger charge is 2.19. The predicted molar refractivity (Wildman–Crippen MR) is 122 cm³/mol. The van der Waals surface area contributed by atoms with Crippen molar-refractivity contribution >= 4 is 41.1 Å². The van der Waals surface area contributed by atoms with E-state index in [4.69, 9.17) is 26.4 Å². The molecule has 2 heterocycles. The van der Waals surface area contributed by atoms with Crippen LogP contribution in [0.15, 0.2) is 54.7 Å². The number of anilines is 3. The number of aliphatic carboxylic acids is 1. The summed E-state index contributed by atoms with van der Waals surface area (Å²) in [5.41, 5.74) is 2.82.